The molecular formula is C18H16Cl2N2O4. The molecule has 26 heavy (non-hydrogen) atoms. The number of carboxylic acid groups (broad SMARTS) is 2. The standard InChI is InChI=1S/C14H12Cl2N2.C4H4O4/c1-9-13-4-5-14(18(13)7-6-17-9)10-2-3-11(15)12(16)8-10;5-3(6)1-2-4(7)8/h2-5,8H,6-7H2,1H3;1-2H,(H,5,6)(H,7,8)/b;2-1+. The van der Waals surface area contributed by atoms with E-state index in [1.54, 1.807) is 0 Å². The fourth-order valence-electron chi connectivity index (χ4n) is 2.47. The highest BCUT2D eigenvalue weighted by Gasteiger charge is 2.15. The Hall–Kier alpha value is -2.57. The third kappa shape index (κ3) is 4.97. The van der Waals surface area contributed by atoms with Crippen molar-refractivity contribution >= 4 is 40.9 Å². The van der Waals surface area contributed by atoms with Crippen LogP contribution in [-0.2, 0) is 16.1 Å². The van der Waals surface area contributed by atoms with Gasteiger partial charge in [-0.1, -0.05) is 29.3 Å². The van der Waals surface area contributed by atoms with Crippen LogP contribution in [0.3, 0.4) is 0 Å². The van der Waals surface area contributed by atoms with Crippen LogP contribution >= 0.6 is 23.2 Å². The third-order valence-corrected chi connectivity index (χ3v) is 4.35. The van der Waals surface area contributed by atoms with E-state index in [1.807, 2.05) is 25.1 Å². The average Bonchev–Trinajstić information content (AvgIpc) is 3.02. The Morgan fingerprint density at radius 3 is 2.23 bits per heavy atom. The predicted molar refractivity (Wildman–Crippen MR) is 101 cm³/mol. The molecule has 1 aliphatic heterocycles. The number of hydrogen-bond acceptors (Lipinski definition) is 3. The number of nitrogens with zero attached hydrogens (tertiary/aromatic N) is 2. The van der Waals surface area contributed by atoms with Crippen LogP contribution in [0.5, 0.6) is 0 Å². The summed E-state index contributed by atoms with van der Waals surface area (Å²) in [6, 6.07) is 9.96. The van der Waals surface area contributed by atoms with E-state index in [4.69, 9.17) is 33.4 Å². The molecule has 0 amide bonds. The van der Waals surface area contributed by atoms with Crippen LogP contribution < -0.4 is 0 Å². The van der Waals surface area contributed by atoms with Crippen LogP contribution in [-0.4, -0.2) is 39.0 Å². The molecule has 0 bridgehead atoms. The molecule has 1 aromatic heterocycles. The first-order chi connectivity index (χ1) is 12.3. The molecule has 136 valence electrons. The van der Waals surface area contributed by atoms with Gasteiger partial charge in [-0.3, -0.25) is 4.99 Å². The van der Waals surface area contributed by atoms with Crippen molar-refractivity contribution in [2.75, 3.05) is 6.54 Å². The lowest BCUT2D eigenvalue weighted by molar-refractivity contribution is -0.134. The number of carboxylic acids is 2. The zero-order valence-corrected chi connectivity index (χ0v) is 15.3. The van der Waals surface area contributed by atoms with E-state index in [0.29, 0.717) is 22.2 Å². The number of aliphatic carboxylic acids is 2. The lowest BCUT2D eigenvalue weighted by atomic mass is 10.1. The molecule has 0 aliphatic carbocycles. The third-order valence-electron chi connectivity index (χ3n) is 3.61. The Morgan fingerprint density at radius 2 is 1.65 bits per heavy atom. The van der Waals surface area contributed by atoms with Crippen LogP contribution in [0.25, 0.3) is 11.3 Å². The Morgan fingerprint density at radius 1 is 1.04 bits per heavy atom. The van der Waals surface area contributed by atoms with Crippen LogP contribution in [0.1, 0.15) is 12.6 Å². The van der Waals surface area contributed by atoms with Crippen molar-refractivity contribution in [2.45, 2.75) is 13.5 Å². The van der Waals surface area contributed by atoms with Crippen molar-refractivity contribution in [3.63, 3.8) is 0 Å². The maximum atomic E-state index is 9.55. The summed E-state index contributed by atoms with van der Waals surface area (Å²) in [4.78, 5) is 23.6. The van der Waals surface area contributed by atoms with Gasteiger partial charge in [-0.2, -0.15) is 0 Å². The average molecular weight is 395 g/mol. The van der Waals surface area contributed by atoms with Gasteiger partial charge in [0.25, 0.3) is 0 Å². The molecule has 0 saturated heterocycles. The smallest absolute Gasteiger partial charge is 0.328 e. The maximum Gasteiger partial charge on any atom is 0.328 e. The molecule has 0 radical (unpaired) electrons. The van der Waals surface area contributed by atoms with Crippen molar-refractivity contribution < 1.29 is 19.8 Å². The summed E-state index contributed by atoms with van der Waals surface area (Å²) in [5.41, 5.74) is 4.53. The van der Waals surface area contributed by atoms with Gasteiger partial charge >= 0.3 is 11.9 Å². The number of fused-ring (bicyclic) bond motifs is 1. The molecule has 1 aromatic carbocycles. The number of carbonyl (C=O) groups is 2. The minimum Gasteiger partial charge on any atom is -0.478 e. The summed E-state index contributed by atoms with van der Waals surface area (Å²) in [6.45, 7) is 3.79. The van der Waals surface area contributed by atoms with Gasteiger partial charge in [-0.05, 0) is 36.8 Å². The van der Waals surface area contributed by atoms with E-state index in [2.05, 4.69) is 21.7 Å². The number of benzene rings is 1. The zero-order chi connectivity index (χ0) is 19.3. The van der Waals surface area contributed by atoms with E-state index in [1.165, 1.54) is 5.69 Å². The van der Waals surface area contributed by atoms with Crippen molar-refractivity contribution in [3.05, 3.63) is 58.2 Å². The van der Waals surface area contributed by atoms with Crippen molar-refractivity contribution in [1.82, 2.24) is 4.57 Å². The largest absolute Gasteiger partial charge is 0.478 e. The summed E-state index contributed by atoms with van der Waals surface area (Å²) in [5.74, 6) is -2.51. The second kappa shape index (κ2) is 8.69. The lowest BCUT2D eigenvalue weighted by Gasteiger charge is -2.17. The van der Waals surface area contributed by atoms with E-state index in [-0.39, 0.29) is 0 Å². The van der Waals surface area contributed by atoms with E-state index in [0.717, 1.165) is 30.1 Å². The summed E-state index contributed by atoms with van der Waals surface area (Å²) in [7, 11) is 0. The first kappa shape index (κ1) is 19.8. The summed E-state index contributed by atoms with van der Waals surface area (Å²) < 4.78 is 2.28. The van der Waals surface area contributed by atoms with Gasteiger partial charge in [0.15, 0.2) is 0 Å². The van der Waals surface area contributed by atoms with Gasteiger partial charge < -0.3 is 14.8 Å². The highest BCUT2D eigenvalue weighted by molar-refractivity contribution is 6.42. The Bertz CT molecular complexity index is 885. The highest BCUT2D eigenvalue weighted by atomic mass is 35.5. The monoisotopic (exact) mass is 394 g/mol. The second-order valence-corrected chi connectivity index (χ2v) is 6.18. The quantitative estimate of drug-likeness (QED) is 0.769. The first-order valence-corrected chi connectivity index (χ1v) is 8.35. The number of aromatic nitrogens is 1. The van der Waals surface area contributed by atoms with Gasteiger partial charge in [0, 0.05) is 24.4 Å². The minimum absolute atomic E-state index is 0.558. The normalized spacial score (nSPS) is 12.8. The van der Waals surface area contributed by atoms with Crippen molar-refractivity contribution in [1.29, 1.82) is 0 Å². The molecule has 0 fully saturated rings. The van der Waals surface area contributed by atoms with Gasteiger partial charge in [0.1, 0.15) is 0 Å². The lowest BCUT2D eigenvalue weighted by Crippen LogP contribution is -2.16. The SMILES string of the molecule is CC1=NCCn2c1ccc2-c1ccc(Cl)c(Cl)c1.O=C(O)/C=C/C(=O)O. The van der Waals surface area contributed by atoms with Crippen LogP contribution in [0.15, 0.2) is 47.5 Å². The van der Waals surface area contributed by atoms with Crippen LogP contribution in [0, 0.1) is 0 Å². The Kier molecular flexibility index (Phi) is 6.60. The fourth-order valence-corrected chi connectivity index (χ4v) is 2.77. The topological polar surface area (TPSA) is 91.9 Å². The van der Waals surface area contributed by atoms with Gasteiger partial charge in [-0.15, -0.1) is 0 Å². The number of hydrogen-bond donors (Lipinski definition) is 2. The molecule has 0 spiro atoms. The van der Waals surface area contributed by atoms with E-state index in [9.17, 15) is 9.59 Å². The van der Waals surface area contributed by atoms with Crippen molar-refractivity contribution in [3.8, 4) is 11.3 Å². The molecule has 2 heterocycles. The second-order valence-electron chi connectivity index (χ2n) is 5.36. The number of aliphatic imine (C=N–C) groups is 1. The minimum atomic E-state index is -1.26. The zero-order valence-electron chi connectivity index (χ0n) is 13.8. The Balaban J connectivity index is 0.000000260. The van der Waals surface area contributed by atoms with Crippen LogP contribution in [0.4, 0.5) is 0 Å². The summed E-state index contributed by atoms with van der Waals surface area (Å²) in [6.07, 6.45) is 1.12. The van der Waals surface area contributed by atoms with Gasteiger partial charge in [0.2, 0.25) is 0 Å². The molecular weight excluding hydrogens is 379 g/mol. The van der Waals surface area contributed by atoms with E-state index < -0.39 is 11.9 Å². The maximum absolute atomic E-state index is 9.55. The van der Waals surface area contributed by atoms with Gasteiger partial charge in [-0.25, -0.2) is 9.59 Å². The van der Waals surface area contributed by atoms with Crippen LogP contribution in [0.2, 0.25) is 10.0 Å². The molecule has 1 aliphatic rings. The molecule has 2 aromatic rings. The summed E-state index contributed by atoms with van der Waals surface area (Å²) in [5, 5.41) is 16.8. The molecule has 0 atom stereocenters. The number of halogens is 2. The molecule has 0 unspecified atom stereocenters. The highest BCUT2D eigenvalue weighted by Crippen LogP contribution is 2.30. The van der Waals surface area contributed by atoms with E-state index >= 15 is 0 Å². The first-order valence-electron chi connectivity index (χ1n) is 7.60. The summed E-state index contributed by atoms with van der Waals surface area (Å²) >= 11 is 12.0. The number of rotatable bonds is 3. The molecule has 3 rings (SSSR count). The molecule has 0 saturated carbocycles. The predicted octanol–water partition coefficient (Wildman–Crippen LogP) is 4.00. The molecule has 8 heteroatoms. The Labute approximate surface area is 160 Å². The van der Waals surface area contributed by atoms with Gasteiger partial charge in [0.05, 0.1) is 28.0 Å². The molecule has 2 N–H and O–H groups in total. The molecule has 6 nitrogen and oxygen atoms in total. The van der Waals surface area contributed by atoms with Crippen molar-refractivity contribution in [2.24, 2.45) is 4.99 Å². The fraction of sp³-hybridized carbons (Fsp3) is 0.167.